The second-order valence-corrected chi connectivity index (χ2v) is 6.51. The molecule has 4 nitrogen and oxygen atoms in total. The number of nitrogens with one attached hydrogen (secondary N) is 1. The fraction of sp³-hybridized carbons (Fsp3) is 0.0909. The molecule has 3 aromatic rings. The van der Waals surface area contributed by atoms with Gasteiger partial charge in [0.1, 0.15) is 12.4 Å². The molecule has 0 fully saturated rings. The number of hydrogen-bond donors (Lipinski definition) is 1. The Labute approximate surface area is 167 Å². The number of rotatable bonds is 6. The first-order valence-electron chi connectivity index (χ1n) is 8.68. The highest BCUT2D eigenvalue weighted by molar-refractivity contribution is 6.31. The minimum atomic E-state index is -0.553. The van der Waals surface area contributed by atoms with Crippen LogP contribution in [-0.2, 0) is 16.0 Å². The van der Waals surface area contributed by atoms with Crippen LogP contribution < -0.4 is 10.2 Å². The summed E-state index contributed by atoms with van der Waals surface area (Å²) in [5.41, 5.74) is 1.28. The molecule has 0 atom stereocenters. The van der Waals surface area contributed by atoms with Gasteiger partial charge in [-0.05, 0) is 36.4 Å². The smallest absolute Gasteiger partial charge is 0.244 e. The van der Waals surface area contributed by atoms with Crippen molar-refractivity contribution in [3.05, 3.63) is 95.3 Å². The Balaban J connectivity index is 1.81. The summed E-state index contributed by atoms with van der Waals surface area (Å²) >= 11 is 6.05. The molecule has 142 valence electrons. The molecule has 3 aromatic carbocycles. The number of amides is 2. The van der Waals surface area contributed by atoms with Crippen LogP contribution in [0.4, 0.5) is 15.8 Å². The molecular formula is C22H18ClFN2O2. The standard InChI is InChI=1S/C22H18ClFN2O2/c23-19-12-7-13-20(24)18(19)14-22(28)26(17-10-5-2-6-11-17)15-21(27)25-16-8-3-1-4-9-16/h1-13H,14-15H2,(H,25,27). The van der Waals surface area contributed by atoms with E-state index in [2.05, 4.69) is 5.32 Å². The van der Waals surface area contributed by atoms with Crippen molar-refractivity contribution in [1.82, 2.24) is 0 Å². The molecule has 0 aliphatic carbocycles. The van der Waals surface area contributed by atoms with Crippen LogP contribution in [0.3, 0.4) is 0 Å². The van der Waals surface area contributed by atoms with Crippen LogP contribution in [0.5, 0.6) is 0 Å². The van der Waals surface area contributed by atoms with Crippen molar-refractivity contribution >= 4 is 34.8 Å². The molecule has 0 bridgehead atoms. The number of nitrogens with zero attached hydrogens (tertiary/aromatic N) is 1. The molecule has 0 saturated carbocycles. The van der Waals surface area contributed by atoms with E-state index in [1.807, 2.05) is 12.1 Å². The van der Waals surface area contributed by atoms with E-state index in [0.717, 1.165) is 0 Å². The highest BCUT2D eigenvalue weighted by Crippen LogP contribution is 2.22. The van der Waals surface area contributed by atoms with Crippen molar-refractivity contribution in [2.45, 2.75) is 6.42 Å². The second kappa shape index (κ2) is 9.15. The predicted octanol–water partition coefficient (Wildman–Crippen LogP) is 4.69. The molecule has 0 unspecified atom stereocenters. The zero-order chi connectivity index (χ0) is 19.9. The highest BCUT2D eigenvalue weighted by atomic mass is 35.5. The predicted molar refractivity (Wildman–Crippen MR) is 109 cm³/mol. The first-order valence-corrected chi connectivity index (χ1v) is 9.05. The molecule has 0 spiro atoms. The Morgan fingerprint density at radius 2 is 1.54 bits per heavy atom. The normalized spacial score (nSPS) is 10.4. The van der Waals surface area contributed by atoms with E-state index < -0.39 is 11.7 Å². The third-order valence-electron chi connectivity index (χ3n) is 4.12. The van der Waals surface area contributed by atoms with Gasteiger partial charge in [0, 0.05) is 22.0 Å². The molecule has 0 aliphatic heterocycles. The Morgan fingerprint density at radius 3 is 2.18 bits per heavy atom. The topological polar surface area (TPSA) is 49.4 Å². The molecule has 3 rings (SSSR count). The van der Waals surface area contributed by atoms with Gasteiger partial charge in [0.15, 0.2) is 0 Å². The molecule has 0 aliphatic rings. The quantitative estimate of drug-likeness (QED) is 0.657. The molecular weight excluding hydrogens is 379 g/mol. The molecule has 0 heterocycles. The molecule has 6 heteroatoms. The van der Waals surface area contributed by atoms with Crippen LogP contribution in [0.25, 0.3) is 0 Å². The molecule has 1 N–H and O–H groups in total. The number of benzene rings is 3. The summed E-state index contributed by atoms with van der Waals surface area (Å²) in [6, 6.07) is 22.0. The van der Waals surface area contributed by atoms with Crippen molar-refractivity contribution in [2.24, 2.45) is 0 Å². The molecule has 0 radical (unpaired) electrons. The number of carbonyl (C=O) groups is 2. The van der Waals surface area contributed by atoms with E-state index in [0.29, 0.717) is 11.4 Å². The van der Waals surface area contributed by atoms with Gasteiger partial charge in [0.05, 0.1) is 6.42 Å². The van der Waals surface area contributed by atoms with Crippen LogP contribution in [-0.4, -0.2) is 18.4 Å². The molecule has 0 saturated heterocycles. The van der Waals surface area contributed by atoms with Gasteiger partial charge in [-0.2, -0.15) is 0 Å². The van der Waals surface area contributed by atoms with Gasteiger partial charge in [-0.3, -0.25) is 9.59 Å². The highest BCUT2D eigenvalue weighted by Gasteiger charge is 2.22. The van der Waals surface area contributed by atoms with Crippen LogP contribution in [0.1, 0.15) is 5.56 Å². The Bertz CT molecular complexity index is 945. The number of para-hydroxylation sites is 2. The fourth-order valence-corrected chi connectivity index (χ4v) is 2.97. The van der Waals surface area contributed by atoms with E-state index in [1.165, 1.54) is 23.1 Å². The summed E-state index contributed by atoms with van der Waals surface area (Å²) in [4.78, 5) is 26.7. The zero-order valence-electron chi connectivity index (χ0n) is 14.9. The van der Waals surface area contributed by atoms with Gasteiger partial charge in [-0.1, -0.05) is 54.1 Å². The van der Waals surface area contributed by atoms with Crippen LogP contribution in [0, 0.1) is 5.82 Å². The largest absolute Gasteiger partial charge is 0.325 e. The SMILES string of the molecule is O=C(CN(C(=O)Cc1c(F)cccc1Cl)c1ccccc1)Nc1ccccc1. The van der Waals surface area contributed by atoms with Crippen molar-refractivity contribution in [1.29, 1.82) is 0 Å². The van der Waals surface area contributed by atoms with Gasteiger partial charge in [-0.25, -0.2) is 4.39 Å². The summed E-state index contributed by atoms with van der Waals surface area (Å²) in [7, 11) is 0. The number of halogens is 2. The first kappa shape index (κ1) is 19.6. The van der Waals surface area contributed by atoms with Gasteiger partial charge < -0.3 is 10.2 Å². The van der Waals surface area contributed by atoms with Gasteiger partial charge in [0.2, 0.25) is 11.8 Å². The van der Waals surface area contributed by atoms with Crippen LogP contribution in [0.15, 0.2) is 78.9 Å². The van der Waals surface area contributed by atoms with Crippen LogP contribution >= 0.6 is 11.6 Å². The van der Waals surface area contributed by atoms with E-state index in [1.54, 1.807) is 48.5 Å². The lowest BCUT2D eigenvalue weighted by Gasteiger charge is -2.23. The average Bonchev–Trinajstić information content (AvgIpc) is 2.70. The second-order valence-electron chi connectivity index (χ2n) is 6.11. The summed E-state index contributed by atoms with van der Waals surface area (Å²) in [5.74, 6) is -1.34. The van der Waals surface area contributed by atoms with E-state index in [9.17, 15) is 14.0 Å². The zero-order valence-corrected chi connectivity index (χ0v) is 15.7. The van der Waals surface area contributed by atoms with Crippen molar-refractivity contribution in [3.8, 4) is 0 Å². The number of hydrogen-bond acceptors (Lipinski definition) is 2. The minimum Gasteiger partial charge on any atom is -0.325 e. The fourth-order valence-electron chi connectivity index (χ4n) is 2.74. The third kappa shape index (κ3) is 4.96. The van der Waals surface area contributed by atoms with Crippen molar-refractivity contribution in [2.75, 3.05) is 16.8 Å². The van der Waals surface area contributed by atoms with E-state index in [4.69, 9.17) is 11.6 Å². The third-order valence-corrected chi connectivity index (χ3v) is 4.47. The summed E-state index contributed by atoms with van der Waals surface area (Å²) in [6.07, 6.45) is -0.251. The summed E-state index contributed by atoms with van der Waals surface area (Å²) < 4.78 is 14.1. The number of anilines is 2. The van der Waals surface area contributed by atoms with Gasteiger partial charge in [0.25, 0.3) is 0 Å². The maximum atomic E-state index is 14.1. The maximum Gasteiger partial charge on any atom is 0.244 e. The first-order chi connectivity index (χ1) is 13.5. The molecule has 2 amide bonds. The van der Waals surface area contributed by atoms with E-state index in [-0.39, 0.29) is 29.5 Å². The van der Waals surface area contributed by atoms with E-state index >= 15 is 0 Å². The van der Waals surface area contributed by atoms with Crippen LogP contribution in [0.2, 0.25) is 5.02 Å². The molecule has 28 heavy (non-hydrogen) atoms. The summed E-state index contributed by atoms with van der Waals surface area (Å²) in [5, 5.41) is 2.93. The lowest BCUT2D eigenvalue weighted by Crippen LogP contribution is -2.39. The summed E-state index contributed by atoms with van der Waals surface area (Å²) in [6.45, 7) is -0.205. The monoisotopic (exact) mass is 396 g/mol. The Hall–Kier alpha value is -3.18. The van der Waals surface area contributed by atoms with Crippen molar-refractivity contribution < 1.29 is 14.0 Å². The lowest BCUT2D eigenvalue weighted by atomic mass is 10.1. The number of carbonyl (C=O) groups excluding carboxylic acids is 2. The Kier molecular flexibility index (Phi) is 6.40. The lowest BCUT2D eigenvalue weighted by molar-refractivity contribution is -0.121. The van der Waals surface area contributed by atoms with Gasteiger partial charge >= 0.3 is 0 Å². The molecule has 0 aromatic heterocycles. The minimum absolute atomic E-state index is 0.110. The maximum absolute atomic E-state index is 14.1. The van der Waals surface area contributed by atoms with Gasteiger partial charge in [-0.15, -0.1) is 0 Å². The average molecular weight is 397 g/mol. The Morgan fingerprint density at radius 1 is 0.893 bits per heavy atom. The van der Waals surface area contributed by atoms with Crippen molar-refractivity contribution in [3.63, 3.8) is 0 Å².